The van der Waals surface area contributed by atoms with Gasteiger partial charge in [0, 0.05) is 13.1 Å². The van der Waals surface area contributed by atoms with Gasteiger partial charge in [-0.15, -0.1) is 0 Å². The molecule has 0 aliphatic rings. The van der Waals surface area contributed by atoms with Crippen LogP contribution in [0.5, 0.6) is 0 Å². The van der Waals surface area contributed by atoms with Crippen molar-refractivity contribution in [1.29, 1.82) is 5.26 Å². The maximum Gasteiger partial charge on any atom is 0.285 e. The maximum atomic E-state index is 13.0. The molecule has 1 aromatic carbocycles. The molecule has 0 fully saturated rings. The Balaban J connectivity index is 3.13. The minimum Gasteiger partial charge on any atom is -0.337 e. The number of nitro groups is 1. The molecule has 0 N–H and O–H groups in total. The Bertz CT molecular complexity index is 568. The Morgan fingerprint density at radius 3 is 2.75 bits per heavy atom. The predicted molar refractivity (Wildman–Crippen MR) is 69.4 cm³/mol. The monoisotopic (exact) mass is 279 g/mol. The second kappa shape index (κ2) is 6.61. The quantitative estimate of drug-likeness (QED) is 0.611. The lowest BCUT2D eigenvalue weighted by Crippen LogP contribution is -2.34. The van der Waals surface area contributed by atoms with Gasteiger partial charge in [-0.25, -0.2) is 4.39 Å². The maximum absolute atomic E-state index is 13.0. The van der Waals surface area contributed by atoms with Crippen molar-refractivity contribution in [2.45, 2.75) is 13.8 Å². The molecule has 0 saturated carbocycles. The van der Waals surface area contributed by atoms with Crippen LogP contribution in [-0.4, -0.2) is 28.8 Å². The van der Waals surface area contributed by atoms with Gasteiger partial charge in [0.2, 0.25) is 0 Å². The van der Waals surface area contributed by atoms with E-state index in [1.54, 1.807) is 13.8 Å². The first kappa shape index (κ1) is 15.6. The summed E-state index contributed by atoms with van der Waals surface area (Å²) in [5.74, 6) is -1.75. The standard InChI is InChI=1S/C13H14FN3O3/c1-3-16(8-9(2)7-15)13(18)11-5-4-10(14)6-12(11)17(19)20/h4-6,9H,3,8H2,1-2H3. The molecule has 1 atom stereocenters. The molecule has 6 nitrogen and oxygen atoms in total. The number of hydrogen-bond acceptors (Lipinski definition) is 4. The van der Waals surface area contributed by atoms with Gasteiger partial charge < -0.3 is 4.90 Å². The minimum absolute atomic E-state index is 0.167. The van der Waals surface area contributed by atoms with Gasteiger partial charge in [0.1, 0.15) is 11.4 Å². The van der Waals surface area contributed by atoms with E-state index < -0.39 is 28.3 Å². The molecule has 0 bridgehead atoms. The number of carbonyl (C=O) groups excluding carboxylic acids is 1. The average molecular weight is 279 g/mol. The highest BCUT2D eigenvalue weighted by molar-refractivity contribution is 5.98. The third-order valence-corrected chi connectivity index (χ3v) is 2.77. The smallest absolute Gasteiger partial charge is 0.285 e. The van der Waals surface area contributed by atoms with Crippen LogP contribution in [0.1, 0.15) is 24.2 Å². The zero-order valence-corrected chi connectivity index (χ0v) is 11.2. The predicted octanol–water partition coefficient (Wildman–Crippen LogP) is 2.36. The first-order valence-electron chi connectivity index (χ1n) is 6.03. The molecule has 0 aliphatic carbocycles. The number of carbonyl (C=O) groups is 1. The summed E-state index contributed by atoms with van der Waals surface area (Å²) in [5, 5.41) is 19.6. The van der Waals surface area contributed by atoms with Crippen LogP contribution in [0.4, 0.5) is 10.1 Å². The lowest BCUT2D eigenvalue weighted by Gasteiger charge is -2.21. The Morgan fingerprint density at radius 1 is 1.60 bits per heavy atom. The van der Waals surface area contributed by atoms with E-state index in [0.29, 0.717) is 6.54 Å². The van der Waals surface area contributed by atoms with Crippen LogP contribution < -0.4 is 0 Å². The zero-order valence-electron chi connectivity index (χ0n) is 11.2. The van der Waals surface area contributed by atoms with Crippen LogP contribution in [0.15, 0.2) is 18.2 Å². The molecule has 0 saturated heterocycles. The molecule has 20 heavy (non-hydrogen) atoms. The number of nitro benzene ring substituents is 1. The minimum atomic E-state index is -0.794. The zero-order chi connectivity index (χ0) is 15.3. The molecular weight excluding hydrogens is 265 g/mol. The molecule has 0 aliphatic heterocycles. The third-order valence-electron chi connectivity index (χ3n) is 2.77. The molecule has 0 spiro atoms. The van der Waals surface area contributed by atoms with Crippen LogP contribution in [0.25, 0.3) is 0 Å². The van der Waals surface area contributed by atoms with E-state index in [1.165, 1.54) is 4.90 Å². The van der Waals surface area contributed by atoms with Gasteiger partial charge in [0.25, 0.3) is 11.6 Å². The van der Waals surface area contributed by atoms with Crippen LogP contribution in [0.3, 0.4) is 0 Å². The van der Waals surface area contributed by atoms with Gasteiger partial charge in [-0.05, 0) is 26.0 Å². The molecule has 1 aromatic rings. The summed E-state index contributed by atoms with van der Waals surface area (Å²) < 4.78 is 13.0. The molecule has 0 radical (unpaired) electrons. The van der Waals surface area contributed by atoms with Crippen LogP contribution in [-0.2, 0) is 0 Å². The average Bonchev–Trinajstić information content (AvgIpc) is 2.43. The number of amides is 1. The Hall–Kier alpha value is -2.49. The highest BCUT2D eigenvalue weighted by atomic mass is 19.1. The molecule has 7 heteroatoms. The fourth-order valence-corrected chi connectivity index (χ4v) is 1.73. The summed E-state index contributed by atoms with van der Waals surface area (Å²) in [7, 11) is 0. The van der Waals surface area contributed by atoms with Gasteiger partial charge in [0.05, 0.1) is 23.0 Å². The largest absolute Gasteiger partial charge is 0.337 e. The van der Waals surface area contributed by atoms with Gasteiger partial charge in [-0.2, -0.15) is 5.26 Å². The fraction of sp³-hybridized carbons (Fsp3) is 0.385. The third kappa shape index (κ3) is 3.51. The van der Waals surface area contributed by atoms with E-state index in [2.05, 4.69) is 0 Å². The summed E-state index contributed by atoms with van der Waals surface area (Å²) in [6.07, 6.45) is 0. The second-order valence-electron chi connectivity index (χ2n) is 4.29. The van der Waals surface area contributed by atoms with Crippen molar-refractivity contribution in [3.8, 4) is 6.07 Å². The molecule has 1 rings (SSSR count). The lowest BCUT2D eigenvalue weighted by molar-refractivity contribution is -0.385. The second-order valence-corrected chi connectivity index (χ2v) is 4.29. The molecule has 1 amide bonds. The van der Waals surface area contributed by atoms with Crippen molar-refractivity contribution in [3.05, 3.63) is 39.7 Å². The lowest BCUT2D eigenvalue weighted by atomic mass is 10.1. The summed E-state index contributed by atoms with van der Waals surface area (Å²) in [5.41, 5.74) is -0.749. The molecule has 1 unspecified atom stereocenters. The van der Waals surface area contributed by atoms with E-state index in [0.717, 1.165) is 18.2 Å². The van der Waals surface area contributed by atoms with Crippen molar-refractivity contribution in [2.75, 3.05) is 13.1 Å². The van der Waals surface area contributed by atoms with E-state index in [9.17, 15) is 19.3 Å². The van der Waals surface area contributed by atoms with Crippen molar-refractivity contribution in [3.63, 3.8) is 0 Å². The first-order valence-corrected chi connectivity index (χ1v) is 6.03. The van der Waals surface area contributed by atoms with Gasteiger partial charge in [-0.1, -0.05) is 0 Å². The number of benzene rings is 1. The Labute approximate surface area is 115 Å². The fourth-order valence-electron chi connectivity index (χ4n) is 1.73. The van der Waals surface area contributed by atoms with E-state index >= 15 is 0 Å². The van der Waals surface area contributed by atoms with E-state index in [-0.39, 0.29) is 12.1 Å². The van der Waals surface area contributed by atoms with E-state index in [4.69, 9.17) is 5.26 Å². The number of hydrogen-bond donors (Lipinski definition) is 0. The Kier molecular flexibility index (Phi) is 5.15. The topological polar surface area (TPSA) is 87.2 Å². The normalized spacial score (nSPS) is 11.5. The molecule has 0 heterocycles. The number of nitriles is 1. The van der Waals surface area contributed by atoms with Gasteiger partial charge >= 0.3 is 0 Å². The summed E-state index contributed by atoms with van der Waals surface area (Å²) in [6.45, 7) is 3.83. The summed E-state index contributed by atoms with van der Waals surface area (Å²) >= 11 is 0. The van der Waals surface area contributed by atoms with Gasteiger partial charge in [-0.3, -0.25) is 14.9 Å². The van der Waals surface area contributed by atoms with Gasteiger partial charge in [0.15, 0.2) is 0 Å². The van der Waals surface area contributed by atoms with E-state index in [1.807, 2.05) is 6.07 Å². The number of halogens is 1. The van der Waals surface area contributed by atoms with Crippen molar-refractivity contribution in [2.24, 2.45) is 5.92 Å². The van der Waals surface area contributed by atoms with Crippen molar-refractivity contribution >= 4 is 11.6 Å². The summed E-state index contributed by atoms with van der Waals surface area (Å²) in [4.78, 5) is 23.7. The highest BCUT2D eigenvalue weighted by Crippen LogP contribution is 2.21. The first-order chi connectivity index (χ1) is 9.40. The summed E-state index contributed by atoms with van der Waals surface area (Å²) in [6, 6.07) is 4.81. The SMILES string of the molecule is CCN(CC(C)C#N)C(=O)c1ccc(F)cc1[N+](=O)[O-]. The molecule has 0 aromatic heterocycles. The number of nitrogens with zero attached hydrogens (tertiary/aromatic N) is 3. The van der Waals surface area contributed by atoms with Crippen molar-refractivity contribution in [1.82, 2.24) is 4.90 Å². The molecule has 106 valence electrons. The van der Waals surface area contributed by atoms with Crippen LogP contribution >= 0.6 is 0 Å². The number of rotatable bonds is 5. The highest BCUT2D eigenvalue weighted by Gasteiger charge is 2.25. The van der Waals surface area contributed by atoms with Crippen LogP contribution in [0.2, 0.25) is 0 Å². The molecular formula is C13H14FN3O3. The van der Waals surface area contributed by atoms with Crippen LogP contribution in [0, 0.1) is 33.2 Å². The Morgan fingerprint density at radius 2 is 2.25 bits per heavy atom. The van der Waals surface area contributed by atoms with Crippen molar-refractivity contribution < 1.29 is 14.1 Å².